The average Bonchev–Trinajstić information content (AvgIpc) is 3.15. The van der Waals surface area contributed by atoms with Crippen molar-refractivity contribution in [1.29, 1.82) is 0 Å². The fourth-order valence-electron chi connectivity index (χ4n) is 3.20. The Hall–Kier alpha value is -1.30. The molecular formula is C16H17N3S2. The number of thioether (sulfide) groups is 1. The fraction of sp³-hybridized carbons (Fsp3) is 0.312. The van der Waals surface area contributed by atoms with Crippen molar-refractivity contribution in [2.45, 2.75) is 18.0 Å². The van der Waals surface area contributed by atoms with Gasteiger partial charge in [0.25, 0.3) is 0 Å². The molecule has 0 spiro atoms. The van der Waals surface area contributed by atoms with Gasteiger partial charge in [0.1, 0.15) is 5.65 Å². The standard InChI is InChI=1S/C16H17N3S2/c1-19-13-3-5-17-8-12(13)15-11(10-4-6-21-9-10)7-14(20-2)18-16(15)19/h4,6-7,9,17H,3,5,8H2,1-2H3. The first-order chi connectivity index (χ1) is 10.3. The van der Waals surface area contributed by atoms with E-state index in [2.05, 4.69) is 46.1 Å². The van der Waals surface area contributed by atoms with Gasteiger partial charge in [-0.1, -0.05) is 0 Å². The molecule has 0 saturated carbocycles. The summed E-state index contributed by atoms with van der Waals surface area (Å²) in [7, 11) is 2.15. The molecule has 108 valence electrons. The molecule has 4 heterocycles. The molecule has 1 N–H and O–H groups in total. The van der Waals surface area contributed by atoms with Crippen LogP contribution in [-0.2, 0) is 20.0 Å². The summed E-state index contributed by atoms with van der Waals surface area (Å²) >= 11 is 3.46. The number of aryl methyl sites for hydroxylation is 1. The number of hydrogen-bond acceptors (Lipinski definition) is 4. The molecule has 3 aromatic heterocycles. The first kappa shape index (κ1) is 13.4. The average molecular weight is 315 g/mol. The molecule has 0 amide bonds. The number of aromatic nitrogens is 2. The van der Waals surface area contributed by atoms with Crippen LogP contribution >= 0.6 is 23.1 Å². The van der Waals surface area contributed by atoms with Gasteiger partial charge in [0.05, 0.1) is 5.03 Å². The lowest BCUT2D eigenvalue weighted by atomic mass is 10.0. The number of nitrogens with one attached hydrogen (secondary N) is 1. The van der Waals surface area contributed by atoms with Crippen LogP contribution in [0.5, 0.6) is 0 Å². The molecule has 4 rings (SSSR count). The van der Waals surface area contributed by atoms with Crippen molar-refractivity contribution in [1.82, 2.24) is 14.9 Å². The Morgan fingerprint density at radius 3 is 3.10 bits per heavy atom. The molecule has 0 aromatic carbocycles. The molecule has 5 heteroatoms. The Labute approximate surface area is 132 Å². The van der Waals surface area contributed by atoms with Crippen molar-refractivity contribution in [3.8, 4) is 11.1 Å². The van der Waals surface area contributed by atoms with Gasteiger partial charge in [0, 0.05) is 37.6 Å². The smallest absolute Gasteiger partial charge is 0.142 e. The van der Waals surface area contributed by atoms with Crippen molar-refractivity contribution in [2.24, 2.45) is 7.05 Å². The van der Waals surface area contributed by atoms with E-state index in [1.807, 2.05) is 0 Å². The van der Waals surface area contributed by atoms with E-state index in [9.17, 15) is 0 Å². The van der Waals surface area contributed by atoms with Crippen LogP contribution in [0.4, 0.5) is 0 Å². The fourth-order valence-corrected chi connectivity index (χ4v) is 4.27. The zero-order chi connectivity index (χ0) is 14.4. The van der Waals surface area contributed by atoms with Crippen molar-refractivity contribution in [2.75, 3.05) is 12.8 Å². The molecule has 1 aliphatic rings. The second kappa shape index (κ2) is 5.16. The Morgan fingerprint density at radius 1 is 1.43 bits per heavy atom. The summed E-state index contributed by atoms with van der Waals surface area (Å²) in [5, 5.41) is 10.3. The maximum atomic E-state index is 4.87. The summed E-state index contributed by atoms with van der Waals surface area (Å²) in [5.41, 5.74) is 6.62. The zero-order valence-electron chi connectivity index (χ0n) is 12.1. The van der Waals surface area contributed by atoms with Crippen LogP contribution in [0.15, 0.2) is 27.9 Å². The Bertz CT molecular complexity index is 803. The lowest BCUT2D eigenvalue weighted by Crippen LogP contribution is -2.24. The third-order valence-corrected chi connectivity index (χ3v) is 5.54. The highest BCUT2D eigenvalue weighted by molar-refractivity contribution is 7.98. The maximum Gasteiger partial charge on any atom is 0.142 e. The number of thiophene rings is 1. The predicted molar refractivity (Wildman–Crippen MR) is 91.2 cm³/mol. The Balaban J connectivity index is 2.11. The molecule has 0 radical (unpaired) electrons. The second-order valence-corrected chi connectivity index (χ2v) is 6.94. The molecular weight excluding hydrogens is 298 g/mol. The largest absolute Gasteiger partial charge is 0.332 e. The van der Waals surface area contributed by atoms with Gasteiger partial charge in [0.2, 0.25) is 0 Å². The van der Waals surface area contributed by atoms with E-state index in [-0.39, 0.29) is 0 Å². The third kappa shape index (κ3) is 2.03. The minimum absolute atomic E-state index is 0.949. The van der Waals surface area contributed by atoms with Gasteiger partial charge in [-0.05, 0) is 45.8 Å². The minimum atomic E-state index is 0.949. The zero-order valence-corrected chi connectivity index (χ0v) is 13.8. The Morgan fingerprint density at radius 2 is 2.33 bits per heavy atom. The third-order valence-electron chi connectivity index (χ3n) is 4.23. The van der Waals surface area contributed by atoms with Crippen molar-refractivity contribution >= 4 is 34.1 Å². The number of rotatable bonds is 2. The number of fused-ring (bicyclic) bond motifs is 3. The maximum absolute atomic E-state index is 4.87. The first-order valence-electron chi connectivity index (χ1n) is 7.08. The van der Waals surface area contributed by atoms with Crippen LogP contribution < -0.4 is 5.32 Å². The van der Waals surface area contributed by atoms with Gasteiger partial charge >= 0.3 is 0 Å². The molecule has 0 bridgehead atoms. The van der Waals surface area contributed by atoms with E-state index in [1.54, 1.807) is 23.1 Å². The highest BCUT2D eigenvalue weighted by Gasteiger charge is 2.22. The van der Waals surface area contributed by atoms with Crippen LogP contribution in [-0.4, -0.2) is 22.4 Å². The summed E-state index contributed by atoms with van der Waals surface area (Å²) in [5.74, 6) is 0. The number of pyridine rings is 1. The van der Waals surface area contributed by atoms with E-state index in [4.69, 9.17) is 4.98 Å². The van der Waals surface area contributed by atoms with Crippen molar-refractivity contribution < 1.29 is 0 Å². The van der Waals surface area contributed by atoms with E-state index >= 15 is 0 Å². The quantitative estimate of drug-likeness (QED) is 0.732. The number of hydrogen-bond donors (Lipinski definition) is 1. The van der Waals surface area contributed by atoms with Crippen molar-refractivity contribution in [3.63, 3.8) is 0 Å². The highest BCUT2D eigenvalue weighted by atomic mass is 32.2. The van der Waals surface area contributed by atoms with Crippen LogP contribution in [0, 0.1) is 0 Å². The van der Waals surface area contributed by atoms with Gasteiger partial charge in [-0.15, -0.1) is 11.8 Å². The second-order valence-electron chi connectivity index (χ2n) is 5.33. The summed E-state index contributed by atoms with van der Waals surface area (Å²) in [6.45, 7) is 2.00. The van der Waals surface area contributed by atoms with Gasteiger partial charge in [-0.25, -0.2) is 4.98 Å². The van der Waals surface area contributed by atoms with E-state index in [0.29, 0.717) is 0 Å². The van der Waals surface area contributed by atoms with Gasteiger partial charge in [0.15, 0.2) is 0 Å². The van der Waals surface area contributed by atoms with E-state index in [0.717, 1.165) is 30.2 Å². The van der Waals surface area contributed by atoms with Crippen LogP contribution in [0.3, 0.4) is 0 Å². The molecule has 0 fully saturated rings. The lowest BCUT2D eigenvalue weighted by Gasteiger charge is -2.15. The summed E-state index contributed by atoms with van der Waals surface area (Å²) in [4.78, 5) is 4.87. The van der Waals surface area contributed by atoms with Crippen LogP contribution in [0.2, 0.25) is 0 Å². The molecule has 0 unspecified atom stereocenters. The SMILES string of the molecule is CSc1cc(-c2ccsc2)c2c3c(n(C)c2n1)CCNC3. The monoisotopic (exact) mass is 315 g/mol. The van der Waals surface area contributed by atoms with Gasteiger partial charge in [-0.2, -0.15) is 11.3 Å². The molecule has 0 aliphatic carbocycles. The lowest BCUT2D eigenvalue weighted by molar-refractivity contribution is 0.621. The summed E-state index contributed by atoms with van der Waals surface area (Å²) in [6, 6.07) is 4.45. The minimum Gasteiger partial charge on any atom is -0.332 e. The van der Waals surface area contributed by atoms with Crippen molar-refractivity contribution in [3.05, 3.63) is 34.2 Å². The van der Waals surface area contributed by atoms with Crippen LogP contribution in [0.25, 0.3) is 22.2 Å². The molecule has 3 nitrogen and oxygen atoms in total. The molecule has 21 heavy (non-hydrogen) atoms. The first-order valence-corrected chi connectivity index (χ1v) is 9.25. The Kier molecular flexibility index (Phi) is 3.28. The van der Waals surface area contributed by atoms with E-state index < -0.39 is 0 Å². The van der Waals surface area contributed by atoms with Gasteiger partial charge < -0.3 is 9.88 Å². The summed E-state index contributed by atoms with van der Waals surface area (Å²) in [6.07, 6.45) is 3.18. The normalized spacial score (nSPS) is 14.6. The predicted octanol–water partition coefficient (Wildman–Crippen LogP) is 3.67. The molecule has 0 saturated heterocycles. The molecule has 3 aromatic rings. The molecule has 0 atom stereocenters. The topological polar surface area (TPSA) is 29.9 Å². The van der Waals surface area contributed by atoms with Gasteiger partial charge in [-0.3, -0.25) is 0 Å². The van der Waals surface area contributed by atoms with E-state index in [1.165, 1.54) is 27.8 Å². The highest BCUT2D eigenvalue weighted by Crippen LogP contribution is 2.37. The summed E-state index contributed by atoms with van der Waals surface area (Å²) < 4.78 is 2.29. The van der Waals surface area contributed by atoms with Crippen LogP contribution in [0.1, 0.15) is 11.3 Å². The molecule has 1 aliphatic heterocycles. The number of nitrogens with zero attached hydrogens (tertiary/aromatic N) is 2.